The SMILES string of the molecule is CCCNCc1nnc(NCCc2ncon2)o1. The molecule has 0 fully saturated rings. The molecule has 0 aromatic carbocycles. The van der Waals surface area contributed by atoms with Crippen LogP contribution in [0.1, 0.15) is 25.1 Å². The highest BCUT2D eigenvalue weighted by Crippen LogP contribution is 2.05. The second-order valence-electron chi connectivity index (χ2n) is 3.70. The van der Waals surface area contributed by atoms with Crippen molar-refractivity contribution in [3.63, 3.8) is 0 Å². The highest BCUT2D eigenvalue weighted by Gasteiger charge is 2.05. The Morgan fingerprint density at radius 1 is 1.28 bits per heavy atom. The van der Waals surface area contributed by atoms with Crippen LogP contribution in [-0.4, -0.2) is 33.4 Å². The third-order valence-corrected chi connectivity index (χ3v) is 2.20. The highest BCUT2D eigenvalue weighted by molar-refractivity contribution is 5.16. The molecule has 2 N–H and O–H groups in total. The van der Waals surface area contributed by atoms with Crippen molar-refractivity contribution in [2.75, 3.05) is 18.4 Å². The number of aromatic nitrogens is 4. The van der Waals surface area contributed by atoms with Crippen LogP contribution in [0.5, 0.6) is 0 Å². The van der Waals surface area contributed by atoms with E-state index in [-0.39, 0.29) is 0 Å². The fourth-order valence-electron chi connectivity index (χ4n) is 1.35. The van der Waals surface area contributed by atoms with Gasteiger partial charge in [-0.2, -0.15) is 4.98 Å². The van der Waals surface area contributed by atoms with E-state index in [1.807, 2.05) is 0 Å². The molecule has 0 saturated carbocycles. The fourth-order valence-corrected chi connectivity index (χ4v) is 1.35. The normalized spacial score (nSPS) is 10.7. The highest BCUT2D eigenvalue weighted by atomic mass is 16.5. The zero-order valence-electron chi connectivity index (χ0n) is 10.2. The first kappa shape index (κ1) is 12.5. The van der Waals surface area contributed by atoms with Crippen LogP contribution in [0.4, 0.5) is 6.01 Å². The van der Waals surface area contributed by atoms with Crippen LogP contribution in [0.2, 0.25) is 0 Å². The van der Waals surface area contributed by atoms with Crippen LogP contribution in [0.15, 0.2) is 15.3 Å². The van der Waals surface area contributed by atoms with Gasteiger partial charge in [0.25, 0.3) is 0 Å². The van der Waals surface area contributed by atoms with E-state index in [0.29, 0.717) is 37.2 Å². The molecule has 0 aliphatic carbocycles. The van der Waals surface area contributed by atoms with Gasteiger partial charge in [-0.1, -0.05) is 17.2 Å². The zero-order chi connectivity index (χ0) is 12.6. The van der Waals surface area contributed by atoms with Crippen molar-refractivity contribution >= 4 is 6.01 Å². The quantitative estimate of drug-likeness (QED) is 0.659. The lowest BCUT2D eigenvalue weighted by Gasteiger charge is -1.98. The Morgan fingerprint density at radius 2 is 2.22 bits per heavy atom. The van der Waals surface area contributed by atoms with Crippen molar-refractivity contribution in [1.82, 2.24) is 25.7 Å². The molecule has 0 amide bonds. The van der Waals surface area contributed by atoms with Crippen molar-refractivity contribution in [1.29, 1.82) is 0 Å². The first-order chi connectivity index (χ1) is 8.88. The molecule has 0 unspecified atom stereocenters. The second kappa shape index (κ2) is 6.70. The number of hydrogen-bond acceptors (Lipinski definition) is 8. The van der Waals surface area contributed by atoms with Gasteiger partial charge in [0.2, 0.25) is 12.3 Å². The molecule has 0 bridgehead atoms. The van der Waals surface area contributed by atoms with Gasteiger partial charge in [-0.25, -0.2) is 0 Å². The van der Waals surface area contributed by atoms with Gasteiger partial charge < -0.3 is 19.6 Å². The lowest BCUT2D eigenvalue weighted by Crippen LogP contribution is -2.13. The van der Waals surface area contributed by atoms with Crippen molar-refractivity contribution in [2.45, 2.75) is 26.3 Å². The smallest absolute Gasteiger partial charge is 0.315 e. The van der Waals surface area contributed by atoms with Crippen LogP contribution >= 0.6 is 0 Å². The molecule has 0 spiro atoms. The molecule has 0 radical (unpaired) electrons. The minimum Gasteiger partial charge on any atom is -0.407 e. The van der Waals surface area contributed by atoms with Crippen LogP contribution in [0.3, 0.4) is 0 Å². The summed E-state index contributed by atoms with van der Waals surface area (Å²) in [4.78, 5) is 3.91. The maximum atomic E-state index is 5.39. The molecule has 0 atom stereocenters. The summed E-state index contributed by atoms with van der Waals surface area (Å²) < 4.78 is 10.0. The summed E-state index contributed by atoms with van der Waals surface area (Å²) in [6, 6.07) is 0.409. The molecule has 2 aromatic heterocycles. The molecule has 0 aliphatic heterocycles. The van der Waals surface area contributed by atoms with Gasteiger partial charge in [-0.15, -0.1) is 5.10 Å². The Labute approximate surface area is 104 Å². The molecule has 0 aliphatic rings. The Bertz CT molecular complexity index is 441. The molecular formula is C10H16N6O2. The number of rotatable bonds is 8. The first-order valence-corrected chi connectivity index (χ1v) is 5.90. The van der Waals surface area contributed by atoms with Crippen LogP contribution < -0.4 is 10.6 Å². The standard InChI is InChI=1S/C10H16N6O2/c1-2-4-11-6-9-14-15-10(18-9)12-5-3-8-13-7-17-16-8/h7,11H,2-6H2,1H3,(H,12,15). The van der Waals surface area contributed by atoms with Crippen molar-refractivity contribution in [2.24, 2.45) is 0 Å². The molecule has 8 heteroatoms. The molecule has 0 saturated heterocycles. The first-order valence-electron chi connectivity index (χ1n) is 5.90. The van der Waals surface area contributed by atoms with Crippen LogP contribution in [0.25, 0.3) is 0 Å². The average molecular weight is 252 g/mol. The third kappa shape index (κ3) is 3.81. The van der Waals surface area contributed by atoms with Gasteiger partial charge in [0, 0.05) is 13.0 Å². The van der Waals surface area contributed by atoms with E-state index in [1.165, 1.54) is 6.39 Å². The van der Waals surface area contributed by atoms with Gasteiger partial charge in [0.15, 0.2) is 5.82 Å². The molecule has 2 aromatic rings. The van der Waals surface area contributed by atoms with Crippen molar-refractivity contribution < 1.29 is 8.94 Å². The summed E-state index contributed by atoms with van der Waals surface area (Å²) in [5, 5.41) is 17.7. The van der Waals surface area contributed by atoms with Gasteiger partial charge in [0.05, 0.1) is 6.54 Å². The minimum absolute atomic E-state index is 0.409. The van der Waals surface area contributed by atoms with E-state index in [0.717, 1.165) is 13.0 Å². The van der Waals surface area contributed by atoms with Crippen molar-refractivity contribution in [3.05, 3.63) is 18.1 Å². The van der Waals surface area contributed by atoms with E-state index >= 15 is 0 Å². The lowest BCUT2D eigenvalue weighted by molar-refractivity contribution is 0.410. The van der Waals surface area contributed by atoms with E-state index in [4.69, 9.17) is 4.42 Å². The third-order valence-electron chi connectivity index (χ3n) is 2.20. The monoisotopic (exact) mass is 252 g/mol. The number of nitrogens with zero attached hydrogens (tertiary/aromatic N) is 4. The molecule has 18 heavy (non-hydrogen) atoms. The predicted octanol–water partition coefficient (Wildman–Crippen LogP) is 0.607. The van der Waals surface area contributed by atoms with Gasteiger partial charge in [-0.3, -0.25) is 0 Å². The van der Waals surface area contributed by atoms with Crippen LogP contribution in [0, 0.1) is 0 Å². The topological polar surface area (TPSA) is 102 Å². The Kier molecular flexibility index (Phi) is 4.65. The van der Waals surface area contributed by atoms with E-state index in [1.54, 1.807) is 0 Å². The summed E-state index contributed by atoms with van der Waals surface area (Å²) in [5.41, 5.74) is 0. The Balaban J connectivity index is 1.69. The Hall–Kier alpha value is -1.96. The molecule has 2 rings (SSSR count). The van der Waals surface area contributed by atoms with Crippen molar-refractivity contribution in [3.8, 4) is 0 Å². The zero-order valence-corrected chi connectivity index (χ0v) is 10.2. The number of nitrogens with one attached hydrogen (secondary N) is 2. The largest absolute Gasteiger partial charge is 0.407 e. The number of anilines is 1. The van der Waals surface area contributed by atoms with Gasteiger partial charge in [-0.05, 0) is 13.0 Å². The molecular weight excluding hydrogens is 236 g/mol. The summed E-state index contributed by atoms with van der Waals surface area (Å²) >= 11 is 0. The summed E-state index contributed by atoms with van der Waals surface area (Å²) in [5.74, 6) is 1.22. The molecule has 2 heterocycles. The van der Waals surface area contributed by atoms with E-state index in [9.17, 15) is 0 Å². The Morgan fingerprint density at radius 3 is 3.00 bits per heavy atom. The van der Waals surface area contributed by atoms with E-state index < -0.39 is 0 Å². The minimum atomic E-state index is 0.409. The van der Waals surface area contributed by atoms with E-state index in [2.05, 4.69) is 42.4 Å². The lowest BCUT2D eigenvalue weighted by atomic mass is 10.4. The average Bonchev–Trinajstić information content (AvgIpc) is 3.01. The van der Waals surface area contributed by atoms with Crippen LogP contribution in [-0.2, 0) is 13.0 Å². The summed E-state index contributed by atoms with van der Waals surface area (Å²) in [6.07, 6.45) is 3.02. The van der Waals surface area contributed by atoms with Gasteiger partial charge >= 0.3 is 6.01 Å². The number of hydrogen-bond donors (Lipinski definition) is 2. The molecule has 98 valence electrons. The second-order valence-corrected chi connectivity index (χ2v) is 3.70. The predicted molar refractivity (Wildman–Crippen MR) is 62.8 cm³/mol. The summed E-state index contributed by atoms with van der Waals surface area (Å²) in [6.45, 7) is 4.24. The maximum absolute atomic E-state index is 5.39. The summed E-state index contributed by atoms with van der Waals surface area (Å²) in [7, 11) is 0. The fraction of sp³-hybridized carbons (Fsp3) is 0.600. The maximum Gasteiger partial charge on any atom is 0.315 e. The van der Waals surface area contributed by atoms with Gasteiger partial charge in [0.1, 0.15) is 0 Å². The molecule has 8 nitrogen and oxygen atoms in total.